The van der Waals surface area contributed by atoms with Crippen LogP contribution in [-0.2, 0) is 16.1 Å². The SMILES string of the molecule is Cc1ccc(CN2C(=O)C(C)NC(=O)CC2C)c(Cl)c1. The molecule has 0 bridgehead atoms. The molecule has 5 heteroatoms. The van der Waals surface area contributed by atoms with Crippen molar-refractivity contribution in [3.05, 3.63) is 34.3 Å². The predicted octanol–water partition coefficient (Wildman–Crippen LogP) is 2.27. The van der Waals surface area contributed by atoms with Crippen molar-refractivity contribution in [1.29, 1.82) is 0 Å². The first-order valence-corrected chi connectivity index (χ1v) is 7.11. The summed E-state index contributed by atoms with van der Waals surface area (Å²) in [7, 11) is 0. The summed E-state index contributed by atoms with van der Waals surface area (Å²) in [6, 6.07) is 5.17. The van der Waals surface area contributed by atoms with E-state index in [1.807, 2.05) is 32.0 Å². The number of amides is 2. The molecule has 1 aromatic carbocycles. The van der Waals surface area contributed by atoms with E-state index in [0.717, 1.165) is 11.1 Å². The van der Waals surface area contributed by atoms with E-state index >= 15 is 0 Å². The zero-order chi connectivity index (χ0) is 14.9. The Balaban J connectivity index is 2.25. The van der Waals surface area contributed by atoms with Crippen LogP contribution in [0.3, 0.4) is 0 Å². The lowest BCUT2D eigenvalue weighted by molar-refractivity contribution is -0.135. The Morgan fingerprint density at radius 2 is 2.05 bits per heavy atom. The van der Waals surface area contributed by atoms with Crippen molar-refractivity contribution >= 4 is 23.4 Å². The van der Waals surface area contributed by atoms with Crippen molar-refractivity contribution in [2.45, 2.75) is 45.8 Å². The van der Waals surface area contributed by atoms with Crippen molar-refractivity contribution in [2.75, 3.05) is 0 Å². The molecule has 0 aromatic heterocycles. The Kier molecular flexibility index (Phi) is 4.33. The second-order valence-electron chi connectivity index (χ2n) is 5.40. The van der Waals surface area contributed by atoms with Crippen LogP contribution in [0.4, 0.5) is 0 Å². The third-order valence-corrected chi connectivity index (χ3v) is 3.94. The van der Waals surface area contributed by atoms with Crippen LogP contribution in [0.5, 0.6) is 0 Å². The topological polar surface area (TPSA) is 49.4 Å². The molecule has 1 saturated heterocycles. The second-order valence-corrected chi connectivity index (χ2v) is 5.81. The number of benzene rings is 1. The van der Waals surface area contributed by atoms with Crippen LogP contribution in [0.25, 0.3) is 0 Å². The summed E-state index contributed by atoms with van der Waals surface area (Å²) in [5.74, 6) is -0.157. The third kappa shape index (κ3) is 3.12. The van der Waals surface area contributed by atoms with Crippen LogP contribution in [-0.4, -0.2) is 28.8 Å². The van der Waals surface area contributed by atoms with Crippen LogP contribution >= 0.6 is 11.6 Å². The molecule has 0 aliphatic carbocycles. The molecule has 1 aliphatic heterocycles. The molecular formula is C15H19ClN2O2. The lowest BCUT2D eigenvalue weighted by atomic mass is 10.1. The maximum atomic E-state index is 12.4. The average Bonchev–Trinajstić information content (AvgIpc) is 2.44. The van der Waals surface area contributed by atoms with Crippen LogP contribution in [0.15, 0.2) is 18.2 Å². The highest BCUT2D eigenvalue weighted by molar-refractivity contribution is 6.31. The highest BCUT2D eigenvalue weighted by Crippen LogP contribution is 2.22. The molecule has 1 heterocycles. The van der Waals surface area contributed by atoms with Gasteiger partial charge >= 0.3 is 0 Å². The minimum absolute atomic E-state index is 0.0695. The summed E-state index contributed by atoms with van der Waals surface area (Å²) in [6.45, 7) is 6.00. The standard InChI is InChI=1S/C15H19ClN2O2/c1-9-4-5-12(13(16)6-9)8-18-10(2)7-14(19)17-11(3)15(18)20/h4-6,10-11H,7-8H2,1-3H3,(H,17,19). The monoisotopic (exact) mass is 294 g/mol. The van der Waals surface area contributed by atoms with Gasteiger partial charge < -0.3 is 10.2 Å². The van der Waals surface area contributed by atoms with Crippen LogP contribution in [0, 0.1) is 6.92 Å². The van der Waals surface area contributed by atoms with E-state index in [-0.39, 0.29) is 17.9 Å². The predicted molar refractivity (Wildman–Crippen MR) is 78.4 cm³/mol. The molecule has 2 rings (SSSR count). The Labute approximate surface area is 124 Å². The summed E-state index contributed by atoms with van der Waals surface area (Å²) in [6.07, 6.45) is 0.319. The summed E-state index contributed by atoms with van der Waals surface area (Å²) in [5, 5.41) is 3.35. The molecule has 1 aliphatic rings. The fourth-order valence-corrected chi connectivity index (χ4v) is 2.70. The number of rotatable bonds is 2. The molecule has 1 aromatic rings. The molecule has 2 unspecified atom stereocenters. The minimum Gasteiger partial charge on any atom is -0.345 e. The van der Waals surface area contributed by atoms with Gasteiger partial charge in [-0.15, -0.1) is 0 Å². The van der Waals surface area contributed by atoms with Gasteiger partial charge in [0.2, 0.25) is 11.8 Å². The van der Waals surface area contributed by atoms with Crippen LogP contribution in [0.1, 0.15) is 31.4 Å². The van der Waals surface area contributed by atoms with Crippen molar-refractivity contribution in [3.8, 4) is 0 Å². The zero-order valence-corrected chi connectivity index (χ0v) is 12.7. The van der Waals surface area contributed by atoms with Gasteiger partial charge in [-0.2, -0.15) is 0 Å². The molecule has 1 fully saturated rings. The Morgan fingerprint density at radius 1 is 1.35 bits per heavy atom. The van der Waals surface area contributed by atoms with E-state index in [1.165, 1.54) is 0 Å². The first kappa shape index (κ1) is 14.9. The quantitative estimate of drug-likeness (QED) is 0.910. The highest BCUT2D eigenvalue weighted by atomic mass is 35.5. The van der Waals surface area contributed by atoms with E-state index in [1.54, 1.807) is 11.8 Å². The van der Waals surface area contributed by atoms with Crippen molar-refractivity contribution < 1.29 is 9.59 Å². The van der Waals surface area contributed by atoms with Gasteiger partial charge in [0.15, 0.2) is 0 Å². The molecule has 0 saturated carbocycles. The number of hydrogen-bond acceptors (Lipinski definition) is 2. The van der Waals surface area contributed by atoms with Crippen molar-refractivity contribution in [2.24, 2.45) is 0 Å². The lowest BCUT2D eigenvalue weighted by Crippen LogP contribution is -2.44. The Hall–Kier alpha value is -1.55. The van der Waals surface area contributed by atoms with E-state index in [4.69, 9.17) is 11.6 Å². The number of halogens is 1. The van der Waals surface area contributed by atoms with Crippen LogP contribution in [0.2, 0.25) is 5.02 Å². The smallest absolute Gasteiger partial charge is 0.245 e. The van der Waals surface area contributed by atoms with Gasteiger partial charge in [0.05, 0.1) is 0 Å². The maximum absolute atomic E-state index is 12.4. The lowest BCUT2D eigenvalue weighted by Gasteiger charge is -2.28. The van der Waals surface area contributed by atoms with E-state index in [2.05, 4.69) is 5.32 Å². The number of hydrogen-bond donors (Lipinski definition) is 1. The number of carbonyl (C=O) groups is 2. The van der Waals surface area contributed by atoms with E-state index in [0.29, 0.717) is 18.0 Å². The van der Waals surface area contributed by atoms with E-state index < -0.39 is 6.04 Å². The van der Waals surface area contributed by atoms with Gasteiger partial charge in [0, 0.05) is 24.0 Å². The van der Waals surface area contributed by atoms with Gasteiger partial charge in [-0.3, -0.25) is 9.59 Å². The van der Waals surface area contributed by atoms with Crippen molar-refractivity contribution in [1.82, 2.24) is 10.2 Å². The molecule has 2 amide bonds. The molecule has 2 atom stereocenters. The third-order valence-electron chi connectivity index (χ3n) is 3.59. The second kappa shape index (κ2) is 5.83. The van der Waals surface area contributed by atoms with Gasteiger partial charge in [-0.05, 0) is 38.0 Å². The van der Waals surface area contributed by atoms with Gasteiger partial charge in [-0.25, -0.2) is 0 Å². The molecule has 108 valence electrons. The molecule has 20 heavy (non-hydrogen) atoms. The number of nitrogens with zero attached hydrogens (tertiary/aromatic N) is 1. The normalized spacial score (nSPS) is 23.5. The Bertz CT molecular complexity index is 545. The van der Waals surface area contributed by atoms with Gasteiger partial charge in [-0.1, -0.05) is 23.7 Å². The number of carbonyl (C=O) groups excluding carboxylic acids is 2. The first-order valence-electron chi connectivity index (χ1n) is 6.73. The van der Waals surface area contributed by atoms with Crippen LogP contribution < -0.4 is 5.32 Å². The largest absolute Gasteiger partial charge is 0.345 e. The number of aryl methyl sites for hydroxylation is 1. The fraction of sp³-hybridized carbons (Fsp3) is 0.467. The average molecular weight is 295 g/mol. The molecule has 0 radical (unpaired) electrons. The zero-order valence-electron chi connectivity index (χ0n) is 11.9. The van der Waals surface area contributed by atoms with E-state index in [9.17, 15) is 9.59 Å². The number of nitrogens with one attached hydrogen (secondary N) is 1. The first-order chi connectivity index (χ1) is 9.38. The van der Waals surface area contributed by atoms with Gasteiger partial charge in [0.25, 0.3) is 0 Å². The highest BCUT2D eigenvalue weighted by Gasteiger charge is 2.31. The molecule has 0 spiro atoms. The van der Waals surface area contributed by atoms with Gasteiger partial charge in [0.1, 0.15) is 6.04 Å². The maximum Gasteiger partial charge on any atom is 0.245 e. The summed E-state index contributed by atoms with van der Waals surface area (Å²) < 4.78 is 0. The molecule has 1 N–H and O–H groups in total. The fourth-order valence-electron chi connectivity index (χ4n) is 2.40. The molecule has 4 nitrogen and oxygen atoms in total. The summed E-state index contributed by atoms with van der Waals surface area (Å²) in [4.78, 5) is 25.7. The minimum atomic E-state index is -0.489. The Morgan fingerprint density at radius 3 is 2.70 bits per heavy atom. The summed E-state index contributed by atoms with van der Waals surface area (Å²) >= 11 is 6.23. The summed E-state index contributed by atoms with van der Waals surface area (Å²) in [5.41, 5.74) is 1.98. The van der Waals surface area contributed by atoms with Crippen molar-refractivity contribution in [3.63, 3.8) is 0 Å². The molecular weight excluding hydrogens is 276 g/mol.